The molecule has 0 radical (unpaired) electrons. The quantitative estimate of drug-likeness (QED) is 0.523. The second-order valence-corrected chi connectivity index (χ2v) is 8.81. The third-order valence-corrected chi connectivity index (χ3v) is 6.99. The van der Waals surface area contributed by atoms with Gasteiger partial charge in [-0.15, -0.1) is 0 Å². The van der Waals surface area contributed by atoms with Crippen LogP contribution in [0, 0.1) is 5.92 Å². The molecule has 156 valence electrons. The van der Waals surface area contributed by atoms with E-state index in [1.54, 1.807) is 0 Å². The summed E-state index contributed by atoms with van der Waals surface area (Å²) in [6, 6.07) is 21.4. The van der Waals surface area contributed by atoms with E-state index in [-0.39, 0.29) is 12.0 Å². The number of anilines is 2. The van der Waals surface area contributed by atoms with Crippen molar-refractivity contribution in [2.75, 3.05) is 4.90 Å². The van der Waals surface area contributed by atoms with Crippen molar-refractivity contribution in [2.24, 2.45) is 10.9 Å². The molecule has 2 atom stereocenters. The Kier molecular flexibility index (Phi) is 4.00. The number of dihydropyridines is 1. The summed E-state index contributed by atoms with van der Waals surface area (Å²) in [5.41, 5.74) is 11.6. The van der Waals surface area contributed by atoms with Gasteiger partial charge in [0, 0.05) is 23.5 Å². The van der Waals surface area contributed by atoms with E-state index in [2.05, 4.69) is 114 Å². The van der Waals surface area contributed by atoms with Crippen LogP contribution in [0.25, 0.3) is 0 Å². The maximum Gasteiger partial charge on any atom is 0.100 e. The molecule has 0 saturated heterocycles. The third kappa shape index (κ3) is 2.77. The molecule has 2 aromatic rings. The summed E-state index contributed by atoms with van der Waals surface area (Å²) >= 11 is 0. The fourth-order valence-electron chi connectivity index (χ4n) is 5.58. The second-order valence-electron chi connectivity index (χ2n) is 8.81. The lowest BCUT2D eigenvalue weighted by atomic mass is 9.66. The molecule has 0 spiro atoms. The Balaban J connectivity index is 1.44. The second kappa shape index (κ2) is 7.18. The van der Waals surface area contributed by atoms with Gasteiger partial charge in [-0.1, -0.05) is 72.9 Å². The number of para-hydroxylation sites is 2. The van der Waals surface area contributed by atoms with Gasteiger partial charge >= 0.3 is 0 Å². The van der Waals surface area contributed by atoms with Crippen LogP contribution in [0.2, 0.25) is 0 Å². The number of benzene rings is 2. The lowest BCUT2D eigenvalue weighted by Crippen LogP contribution is -2.31. The van der Waals surface area contributed by atoms with Gasteiger partial charge in [-0.25, -0.2) is 0 Å². The lowest BCUT2D eigenvalue weighted by Gasteiger charge is -2.41. The van der Waals surface area contributed by atoms with E-state index in [0.717, 1.165) is 11.4 Å². The van der Waals surface area contributed by atoms with Crippen molar-refractivity contribution in [1.29, 1.82) is 0 Å². The first-order valence-electron chi connectivity index (χ1n) is 11.5. The van der Waals surface area contributed by atoms with Crippen LogP contribution in [-0.4, -0.2) is 12.3 Å². The smallest absolute Gasteiger partial charge is 0.100 e. The number of rotatable bonds is 3. The van der Waals surface area contributed by atoms with E-state index in [4.69, 9.17) is 4.99 Å². The average Bonchev–Trinajstić information content (AvgIpc) is 2.89. The van der Waals surface area contributed by atoms with Gasteiger partial charge in [0.25, 0.3) is 0 Å². The molecule has 0 N–H and O–H groups in total. The largest absolute Gasteiger partial charge is 0.310 e. The highest BCUT2D eigenvalue weighted by Gasteiger charge is 2.39. The Morgan fingerprint density at radius 1 is 0.697 bits per heavy atom. The maximum atomic E-state index is 4.83. The number of nitrogens with zero attached hydrogens (tertiary/aromatic N) is 2. The first-order valence-corrected chi connectivity index (χ1v) is 11.5. The summed E-state index contributed by atoms with van der Waals surface area (Å²) < 4.78 is 0. The number of aliphatic imine (C=N–C) groups is 1. The highest BCUT2D eigenvalue weighted by Crippen LogP contribution is 2.51. The monoisotopic (exact) mass is 422 g/mol. The van der Waals surface area contributed by atoms with Gasteiger partial charge in [0.2, 0.25) is 0 Å². The van der Waals surface area contributed by atoms with Crippen molar-refractivity contribution in [3.05, 3.63) is 154 Å². The molecule has 2 heteroatoms. The average molecular weight is 423 g/mol. The predicted octanol–water partition coefficient (Wildman–Crippen LogP) is 6.95. The Bertz CT molecular complexity index is 1400. The molecule has 2 nitrogen and oxygen atoms in total. The number of fused-ring (bicyclic) bond motifs is 2. The zero-order valence-electron chi connectivity index (χ0n) is 18.1. The van der Waals surface area contributed by atoms with Crippen LogP contribution in [0.3, 0.4) is 0 Å². The minimum Gasteiger partial charge on any atom is -0.310 e. The van der Waals surface area contributed by atoms with Crippen molar-refractivity contribution < 1.29 is 0 Å². The Hall–Kier alpha value is -4.17. The molecule has 4 aliphatic carbocycles. The first kappa shape index (κ1) is 18.4. The van der Waals surface area contributed by atoms with Gasteiger partial charge in [-0.2, -0.15) is 0 Å². The van der Waals surface area contributed by atoms with Gasteiger partial charge in [0.1, 0.15) is 6.04 Å². The van der Waals surface area contributed by atoms with Crippen LogP contribution in [0.15, 0.2) is 159 Å². The molecule has 1 heterocycles. The van der Waals surface area contributed by atoms with Gasteiger partial charge in [-0.05, 0) is 75.9 Å². The van der Waals surface area contributed by atoms with E-state index in [0.29, 0.717) is 0 Å². The third-order valence-electron chi connectivity index (χ3n) is 6.99. The van der Waals surface area contributed by atoms with E-state index < -0.39 is 0 Å². The maximum absolute atomic E-state index is 4.83. The van der Waals surface area contributed by atoms with Gasteiger partial charge in [0.05, 0.1) is 5.70 Å². The normalized spacial score (nSPS) is 23.6. The zero-order chi connectivity index (χ0) is 21.8. The SMILES string of the molecule is C1=CC2=CC3=C4C(=CC=C5C=CC(N(c6ccccc6)c6ccccc6)=C(C=C3)C54)C2N=C1. The number of hydrogen-bond acceptors (Lipinski definition) is 2. The van der Waals surface area contributed by atoms with E-state index >= 15 is 0 Å². The topological polar surface area (TPSA) is 15.6 Å². The van der Waals surface area contributed by atoms with Crippen LogP contribution in [0.4, 0.5) is 11.4 Å². The van der Waals surface area contributed by atoms with Gasteiger partial charge in [-0.3, -0.25) is 4.99 Å². The van der Waals surface area contributed by atoms with Crippen molar-refractivity contribution >= 4 is 17.6 Å². The molecule has 0 fully saturated rings. The summed E-state index contributed by atoms with van der Waals surface area (Å²) in [7, 11) is 0. The molecule has 5 aliphatic rings. The van der Waals surface area contributed by atoms with Crippen LogP contribution in [-0.2, 0) is 0 Å². The minimum atomic E-state index is 0.105. The van der Waals surface area contributed by atoms with E-state index in [1.165, 1.54) is 39.1 Å². The van der Waals surface area contributed by atoms with Crippen LogP contribution < -0.4 is 4.90 Å². The molecular weight excluding hydrogens is 400 g/mol. The molecule has 0 amide bonds. The fraction of sp³-hybridized carbons (Fsp3) is 0.0645. The molecular formula is C31H22N2. The summed E-state index contributed by atoms with van der Waals surface area (Å²) in [5, 5.41) is 0. The Morgan fingerprint density at radius 2 is 1.45 bits per heavy atom. The minimum absolute atomic E-state index is 0.105. The summed E-state index contributed by atoms with van der Waals surface area (Å²) in [6.07, 6.45) is 22.3. The lowest BCUT2D eigenvalue weighted by molar-refractivity contribution is 0.774. The number of allylic oxidation sites excluding steroid dienone is 11. The predicted molar refractivity (Wildman–Crippen MR) is 137 cm³/mol. The van der Waals surface area contributed by atoms with Crippen molar-refractivity contribution in [2.45, 2.75) is 6.04 Å². The molecule has 2 aromatic carbocycles. The molecule has 2 unspecified atom stereocenters. The molecule has 33 heavy (non-hydrogen) atoms. The van der Waals surface area contributed by atoms with Crippen LogP contribution >= 0.6 is 0 Å². The highest BCUT2D eigenvalue weighted by atomic mass is 15.1. The van der Waals surface area contributed by atoms with Crippen molar-refractivity contribution in [3.63, 3.8) is 0 Å². The van der Waals surface area contributed by atoms with Crippen molar-refractivity contribution in [1.82, 2.24) is 0 Å². The van der Waals surface area contributed by atoms with Crippen molar-refractivity contribution in [3.8, 4) is 0 Å². The molecule has 0 aromatic heterocycles. The zero-order valence-corrected chi connectivity index (χ0v) is 18.1. The summed E-state index contributed by atoms with van der Waals surface area (Å²) in [5.74, 6) is 0.235. The summed E-state index contributed by atoms with van der Waals surface area (Å²) in [4.78, 5) is 7.20. The van der Waals surface area contributed by atoms with Gasteiger partial charge < -0.3 is 4.90 Å². The van der Waals surface area contributed by atoms with Crippen LogP contribution in [0.5, 0.6) is 0 Å². The number of hydrogen-bond donors (Lipinski definition) is 0. The Morgan fingerprint density at radius 3 is 2.21 bits per heavy atom. The standard InChI is InChI=1S/C31H22N2/c1-3-9-24(10-4-1)33(25-11-5-2-6-12-25)28-18-15-21-13-17-27-30-22(14-16-26(28)29(21)30)20-23-8-7-19-32-31(23)27/h1-20,29,31H. The highest BCUT2D eigenvalue weighted by molar-refractivity contribution is 5.80. The van der Waals surface area contributed by atoms with E-state index in [9.17, 15) is 0 Å². The van der Waals surface area contributed by atoms with Gasteiger partial charge in [0.15, 0.2) is 0 Å². The first-order chi connectivity index (χ1) is 16.4. The van der Waals surface area contributed by atoms with Crippen LogP contribution in [0.1, 0.15) is 0 Å². The van der Waals surface area contributed by atoms with E-state index in [1.807, 2.05) is 12.3 Å². The molecule has 0 saturated carbocycles. The molecule has 1 aliphatic heterocycles. The molecule has 0 bridgehead atoms. The Labute approximate surface area is 194 Å². The fourth-order valence-corrected chi connectivity index (χ4v) is 5.58. The summed E-state index contributed by atoms with van der Waals surface area (Å²) in [6.45, 7) is 0. The molecule has 7 rings (SSSR count).